The van der Waals surface area contributed by atoms with E-state index in [1.165, 1.54) is 0 Å². The Labute approximate surface area is 174 Å². The van der Waals surface area contributed by atoms with E-state index in [4.69, 9.17) is 14.2 Å². The van der Waals surface area contributed by atoms with Crippen LogP contribution in [0.5, 0.6) is 0 Å². The molecule has 2 saturated heterocycles. The van der Waals surface area contributed by atoms with E-state index in [2.05, 4.69) is 6.58 Å². The molecule has 0 aromatic heterocycles. The van der Waals surface area contributed by atoms with Gasteiger partial charge in [-0.1, -0.05) is 12.7 Å². The molecule has 3 rings (SSSR count). The van der Waals surface area contributed by atoms with E-state index in [1.54, 1.807) is 13.0 Å². The lowest BCUT2D eigenvalue weighted by Gasteiger charge is -2.39. The Kier molecular flexibility index (Phi) is 7.46. The molecular weight excluding hydrogens is 396 g/mol. The molecule has 9 heteroatoms. The first-order chi connectivity index (χ1) is 14.2. The molecule has 0 saturated carbocycles. The summed E-state index contributed by atoms with van der Waals surface area (Å²) in [4.78, 5) is 11.9. The molecule has 2 heterocycles. The number of hydrogen-bond donors (Lipinski definition) is 5. The highest BCUT2D eigenvalue weighted by molar-refractivity contribution is 5.91. The Morgan fingerprint density at radius 2 is 1.93 bits per heavy atom. The fourth-order valence-corrected chi connectivity index (χ4v) is 3.92. The standard InChI is InChI=1S/C21H30O9/c1-10-7-15-13(11(2)20(27)29-15)5-3-12(4-6-14(10)23)9-28-21-19(26)18(25)17(24)16(8-22)30-21/h4,7,13-19,21-26H,2-3,5-6,8-9H2,1H3. The van der Waals surface area contributed by atoms with E-state index in [0.717, 1.165) is 5.57 Å². The second-order valence-corrected chi connectivity index (χ2v) is 8.07. The number of carbonyl (C=O) groups excluding carboxylic acids is 1. The van der Waals surface area contributed by atoms with Crippen LogP contribution in [0, 0.1) is 5.92 Å². The zero-order valence-electron chi connectivity index (χ0n) is 16.9. The van der Waals surface area contributed by atoms with Gasteiger partial charge in [0.1, 0.15) is 30.5 Å². The van der Waals surface area contributed by atoms with Gasteiger partial charge in [0.2, 0.25) is 0 Å². The SMILES string of the molecule is C=C1C(=O)OC2C=C(C)C(O)CC=C(COC3OC(CO)C(O)C(O)C3O)CCC12. The molecule has 168 valence electrons. The smallest absolute Gasteiger partial charge is 0.334 e. The van der Waals surface area contributed by atoms with Crippen LogP contribution in [0.2, 0.25) is 0 Å². The molecule has 0 radical (unpaired) electrons. The first-order valence-corrected chi connectivity index (χ1v) is 10.1. The second kappa shape index (κ2) is 9.69. The van der Waals surface area contributed by atoms with Crippen molar-refractivity contribution in [2.75, 3.05) is 13.2 Å². The summed E-state index contributed by atoms with van der Waals surface area (Å²) in [6.45, 7) is 5.11. The van der Waals surface area contributed by atoms with Gasteiger partial charge in [0, 0.05) is 11.5 Å². The summed E-state index contributed by atoms with van der Waals surface area (Å²) in [5, 5.41) is 49.6. The zero-order valence-corrected chi connectivity index (χ0v) is 16.9. The molecule has 1 aliphatic carbocycles. The molecule has 0 bridgehead atoms. The number of ether oxygens (including phenoxy) is 3. The van der Waals surface area contributed by atoms with Crippen LogP contribution in [0.1, 0.15) is 26.2 Å². The van der Waals surface area contributed by atoms with E-state index >= 15 is 0 Å². The van der Waals surface area contributed by atoms with Gasteiger partial charge in [0.15, 0.2) is 6.29 Å². The van der Waals surface area contributed by atoms with Gasteiger partial charge in [-0.3, -0.25) is 0 Å². The Balaban J connectivity index is 1.69. The van der Waals surface area contributed by atoms with E-state index in [1.807, 2.05) is 6.08 Å². The largest absolute Gasteiger partial charge is 0.454 e. The minimum Gasteiger partial charge on any atom is -0.454 e. The highest BCUT2D eigenvalue weighted by Crippen LogP contribution is 2.34. The maximum Gasteiger partial charge on any atom is 0.334 e. The van der Waals surface area contributed by atoms with Gasteiger partial charge >= 0.3 is 5.97 Å². The Bertz CT molecular complexity index is 713. The van der Waals surface area contributed by atoms with Crippen LogP contribution in [0.15, 0.2) is 35.5 Å². The molecule has 8 unspecified atom stereocenters. The number of fused-ring (bicyclic) bond motifs is 1. The van der Waals surface area contributed by atoms with Crippen molar-refractivity contribution in [2.24, 2.45) is 5.92 Å². The van der Waals surface area contributed by atoms with Gasteiger partial charge in [0.05, 0.1) is 19.3 Å². The first kappa shape index (κ1) is 23.1. The number of hydrogen-bond acceptors (Lipinski definition) is 9. The topological polar surface area (TPSA) is 146 Å². The number of aliphatic hydroxyl groups is 5. The molecule has 30 heavy (non-hydrogen) atoms. The summed E-state index contributed by atoms with van der Waals surface area (Å²) in [7, 11) is 0. The van der Waals surface area contributed by atoms with Gasteiger partial charge in [-0.25, -0.2) is 4.79 Å². The van der Waals surface area contributed by atoms with Crippen LogP contribution in [0.25, 0.3) is 0 Å². The fraction of sp³-hybridized carbons (Fsp3) is 0.667. The van der Waals surface area contributed by atoms with Crippen LogP contribution < -0.4 is 0 Å². The van der Waals surface area contributed by atoms with Crippen molar-refractivity contribution < 1.29 is 44.5 Å². The fourth-order valence-electron chi connectivity index (χ4n) is 3.92. The van der Waals surface area contributed by atoms with Crippen LogP contribution in [-0.2, 0) is 19.0 Å². The minimum atomic E-state index is -1.51. The van der Waals surface area contributed by atoms with E-state index < -0.39 is 55.5 Å². The van der Waals surface area contributed by atoms with E-state index in [9.17, 15) is 30.3 Å². The van der Waals surface area contributed by atoms with E-state index in [0.29, 0.717) is 30.4 Å². The van der Waals surface area contributed by atoms with Crippen LogP contribution in [0.4, 0.5) is 0 Å². The predicted molar refractivity (Wildman–Crippen MR) is 104 cm³/mol. The summed E-state index contributed by atoms with van der Waals surface area (Å²) in [5.74, 6) is -0.653. The number of rotatable bonds is 4. The van der Waals surface area contributed by atoms with Crippen molar-refractivity contribution in [2.45, 2.75) is 69.1 Å². The molecule has 2 aliphatic heterocycles. The Morgan fingerprint density at radius 3 is 2.63 bits per heavy atom. The van der Waals surface area contributed by atoms with Crippen molar-refractivity contribution in [3.8, 4) is 0 Å². The van der Waals surface area contributed by atoms with Gasteiger partial charge in [-0.05, 0) is 43.4 Å². The van der Waals surface area contributed by atoms with Gasteiger partial charge < -0.3 is 39.7 Å². The lowest BCUT2D eigenvalue weighted by atomic mass is 9.87. The monoisotopic (exact) mass is 426 g/mol. The molecule has 2 fully saturated rings. The van der Waals surface area contributed by atoms with Crippen molar-refractivity contribution in [1.82, 2.24) is 0 Å². The summed E-state index contributed by atoms with van der Waals surface area (Å²) >= 11 is 0. The molecule has 9 nitrogen and oxygen atoms in total. The molecule has 8 atom stereocenters. The molecule has 0 amide bonds. The number of esters is 1. The number of carbonyl (C=O) groups is 1. The van der Waals surface area contributed by atoms with Crippen molar-refractivity contribution in [3.05, 3.63) is 35.5 Å². The first-order valence-electron chi connectivity index (χ1n) is 10.1. The molecule has 0 spiro atoms. The molecule has 3 aliphatic rings. The Morgan fingerprint density at radius 1 is 1.20 bits per heavy atom. The van der Waals surface area contributed by atoms with Crippen LogP contribution in [0.3, 0.4) is 0 Å². The van der Waals surface area contributed by atoms with Gasteiger partial charge in [-0.2, -0.15) is 0 Å². The average molecular weight is 426 g/mol. The Hall–Kier alpha value is -1.59. The number of aliphatic hydroxyl groups excluding tert-OH is 5. The highest BCUT2D eigenvalue weighted by atomic mass is 16.7. The summed E-state index contributed by atoms with van der Waals surface area (Å²) in [5.41, 5.74) is 1.90. The minimum absolute atomic E-state index is 0.0385. The lowest BCUT2D eigenvalue weighted by Crippen LogP contribution is -2.59. The van der Waals surface area contributed by atoms with Crippen molar-refractivity contribution in [1.29, 1.82) is 0 Å². The van der Waals surface area contributed by atoms with Crippen LogP contribution in [-0.4, -0.2) is 87.6 Å². The van der Waals surface area contributed by atoms with Gasteiger partial charge in [0.25, 0.3) is 0 Å². The summed E-state index contributed by atoms with van der Waals surface area (Å²) < 4.78 is 16.4. The lowest BCUT2D eigenvalue weighted by molar-refractivity contribution is -0.299. The van der Waals surface area contributed by atoms with Gasteiger partial charge in [-0.15, -0.1) is 0 Å². The zero-order chi connectivity index (χ0) is 22.0. The third-order valence-electron chi connectivity index (χ3n) is 5.99. The molecule has 5 N–H and O–H groups in total. The van der Waals surface area contributed by atoms with Crippen molar-refractivity contribution in [3.63, 3.8) is 0 Å². The maximum atomic E-state index is 11.9. The summed E-state index contributed by atoms with van der Waals surface area (Å²) in [6, 6.07) is 0. The molecule has 0 aromatic rings. The van der Waals surface area contributed by atoms with E-state index in [-0.39, 0.29) is 12.5 Å². The average Bonchev–Trinajstić information content (AvgIpc) is 2.99. The quantitative estimate of drug-likeness (QED) is 0.224. The summed E-state index contributed by atoms with van der Waals surface area (Å²) in [6.07, 6.45) is -2.89. The second-order valence-electron chi connectivity index (χ2n) is 8.07. The normalized spacial score (nSPS) is 40.3. The van der Waals surface area contributed by atoms with Crippen molar-refractivity contribution >= 4 is 5.97 Å². The molecule has 0 aromatic carbocycles. The molecular formula is C21H30O9. The predicted octanol–water partition coefficient (Wildman–Crippen LogP) is -0.682. The third kappa shape index (κ3) is 4.83. The maximum absolute atomic E-state index is 11.9. The highest BCUT2D eigenvalue weighted by Gasteiger charge is 2.44. The van der Waals surface area contributed by atoms with Crippen LogP contribution >= 0.6 is 0 Å². The third-order valence-corrected chi connectivity index (χ3v) is 5.99.